The highest BCUT2D eigenvalue weighted by atomic mass is 16.5. The molecule has 3 N–H and O–H groups in total. The van der Waals surface area contributed by atoms with Crippen LogP contribution in [-0.2, 0) is 11.3 Å². The van der Waals surface area contributed by atoms with Crippen LogP contribution in [0.3, 0.4) is 0 Å². The lowest BCUT2D eigenvalue weighted by atomic mass is 10.1. The quantitative estimate of drug-likeness (QED) is 0.747. The second kappa shape index (κ2) is 6.12. The van der Waals surface area contributed by atoms with E-state index in [-0.39, 0.29) is 18.0 Å². The maximum absolute atomic E-state index is 11.3. The molecular formula is C14H15NO5. The lowest BCUT2D eigenvalue weighted by Gasteiger charge is -2.15. The minimum absolute atomic E-state index is 0.0357. The Bertz CT molecular complexity index is 579. The standard InChI is InChI=1S/C14H15NO5/c1-19-12-7-9(4-5-11(12)16)13(14(17)18)15-8-10-3-2-6-20-10/h2-7,13,15-16H,8H2,1H3,(H,17,18). The summed E-state index contributed by atoms with van der Waals surface area (Å²) in [6, 6.07) is 6.99. The normalized spacial score (nSPS) is 12.1. The smallest absolute Gasteiger partial charge is 0.325 e. The molecule has 1 heterocycles. The molecule has 20 heavy (non-hydrogen) atoms. The maximum atomic E-state index is 11.3. The molecule has 0 saturated carbocycles. The average molecular weight is 277 g/mol. The lowest BCUT2D eigenvalue weighted by molar-refractivity contribution is -0.139. The molecule has 0 fully saturated rings. The second-order valence-corrected chi connectivity index (χ2v) is 4.16. The number of furan rings is 1. The third kappa shape index (κ3) is 3.10. The van der Waals surface area contributed by atoms with Crippen LogP contribution in [0.15, 0.2) is 41.0 Å². The number of methoxy groups -OCH3 is 1. The van der Waals surface area contributed by atoms with E-state index in [4.69, 9.17) is 9.15 Å². The van der Waals surface area contributed by atoms with E-state index in [9.17, 15) is 15.0 Å². The van der Waals surface area contributed by atoms with Crippen LogP contribution in [0.25, 0.3) is 0 Å². The Morgan fingerprint density at radius 3 is 2.85 bits per heavy atom. The number of aliphatic carboxylic acids is 1. The minimum atomic E-state index is -1.02. The van der Waals surface area contributed by atoms with E-state index in [0.29, 0.717) is 11.3 Å². The van der Waals surface area contributed by atoms with Crippen LogP contribution in [0.1, 0.15) is 17.4 Å². The number of carboxylic acid groups (broad SMARTS) is 1. The topological polar surface area (TPSA) is 91.9 Å². The van der Waals surface area contributed by atoms with Crippen molar-refractivity contribution in [3.05, 3.63) is 47.9 Å². The van der Waals surface area contributed by atoms with Gasteiger partial charge in [0.1, 0.15) is 11.8 Å². The first-order chi connectivity index (χ1) is 9.61. The van der Waals surface area contributed by atoms with Crippen molar-refractivity contribution in [2.75, 3.05) is 7.11 Å². The fourth-order valence-corrected chi connectivity index (χ4v) is 1.84. The summed E-state index contributed by atoms with van der Waals surface area (Å²) in [7, 11) is 1.41. The van der Waals surface area contributed by atoms with Crippen molar-refractivity contribution >= 4 is 5.97 Å². The Hall–Kier alpha value is -2.47. The molecule has 1 aromatic carbocycles. The van der Waals surface area contributed by atoms with Crippen LogP contribution in [0.5, 0.6) is 11.5 Å². The number of carboxylic acids is 1. The van der Waals surface area contributed by atoms with Crippen molar-refractivity contribution in [3.63, 3.8) is 0 Å². The van der Waals surface area contributed by atoms with Crippen molar-refractivity contribution in [1.82, 2.24) is 5.32 Å². The average Bonchev–Trinajstić information content (AvgIpc) is 2.93. The van der Waals surface area contributed by atoms with Gasteiger partial charge in [0, 0.05) is 0 Å². The fourth-order valence-electron chi connectivity index (χ4n) is 1.84. The molecule has 6 nitrogen and oxygen atoms in total. The van der Waals surface area contributed by atoms with Gasteiger partial charge in [0.2, 0.25) is 0 Å². The maximum Gasteiger partial charge on any atom is 0.325 e. The summed E-state index contributed by atoms with van der Waals surface area (Å²) in [4.78, 5) is 11.3. The molecule has 0 bridgehead atoms. The van der Waals surface area contributed by atoms with Crippen LogP contribution in [-0.4, -0.2) is 23.3 Å². The Morgan fingerprint density at radius 2 is 2.25 bits per heavy atom. The zero-order valence-corrected chi connectivity index (χ0v) is 10.9. The van der Waals surface area contributed by atoms with E-state index in [1.807, 2.05) is 0 Å². The van der Waals surface area contributed by atoms with E-state index >= 15 is 0 Å². The predicted molar refractivity (Wildman–Crippen MR) is 70.6 cm³/mol. The minimum Gasteiger partial charge on any atom is -0.504 e. The van der Waals surface area contributed by atoms with Gasteiger partial charge in [-0.15, -0.1) is 0 Å². The van der Waals surface area contributed by atoms with Gasteiger partial charge in [0.15, 0.2) is 11.5 Å². The van der Waals surface area contributed by atoms with E-state index in [1.54, 1.807) is 12.1 Å². The van der Waals surface area contributed by atoms with E-state index in [1.165, 1.54) is 31.6 Å². The molecule has 1 aromatic heterocycles. The zero-order valence-electron chi connectivity index (χ0n) is 10.9. The van der Waals surface area contributed by atoms with Gasteiger partial charge in [-0.05, 0) is 29.8 Å². The second-order valence-electron chi connectivity index (χ2n) is 4.16. The van der Waals surface area contributed by atoms with Crippen LogP contribution in [0.2, 0.25) is 0 Å². The monoisotopic (exact) mass is 277 g/mol. The Labute approximate surface area is 115 Å². The molecule has 0 aliphatic rings. The molecule has 106 valence electrons. The SMILES string of the molecule is COc1cc(C(NCc2ccco2)C(=O)O)ccc1O. The number of aromatic hydroxyl groups is 1. The number of hydrogen-bond donors (Lipinski definition) is 3. The van der Waals surface area contributed by atoms with Crippen LogP contribution < -0.4 is 10.1 Å². The Balaban J connectivity index is 2.17. The fraction of sp³-hybridized carbons (Fsp3) is 0.214. The van der Waals surface area contributed by atoms with E-state index in [2.05, 4.69) is 5.32 Å². The Morgan fingerprint density at radius 1 is 1.45 bits per heavy atom. The molecule has 2 aromatic rings. The van der Waals surface area contributed by atoms with Crippen LogP contribution in [0.4, 0.5) is 0 Å². The largest absolute Gasteiger partial charge is 0.504 e. The zero-order chi connectivity index (χ0) is 14.5. The molecule has 0 saturated heterocycles. The van der Waals surface area contributed by atoms with Crippen molar-refractivity contribution in [1.29, 1.82) is 0 Å². The number of nitrogens with one attached hydrogen (secondary N) is 1. The third-order valence-electron chi connectivity index (χ3n) is 2.84. The van der Waals surface area contributed by atoms with Gasteiger partial charge in [-0.3, -0.25) is 10.1 Å². The molecule has 1 atom stereocenters. The van der Waals surface area contributed by atoms with Gasteiger partial charge in [0.25, 0.3) is 0 Å². The predicted octanol–water partition coefficient (Wildman–Crippen LogP) is 1.91. The van der Waals surface area contributed by atoms with Gasteiger partial charge >= 0.3 is 5.97 Å². The summed E-state index contributed by atoms with van der Waals surface area (Å²) in [5, 5.41) is 21.7. The summed E-state index contributed by atoms with van der Waals surface area (Å²) in [5.74, 6) is -0.189. The van der Waals surface area contributed by atoms with Crippen LogP contribution in [0, 0.1) is 0 Å². The summed E-state index contributed by atoms with van der Waals surface area (Å²) >= 11 is 0. The molecule has 0 aliphatic heterocycles. The highest BCUT2D eigenvalue weighted by Crippen LogP contribution is 2.29. The van der Waals surface area contributed by atoms with Gasteiger partial charge in [-0.1, -0.05) is 6.07 Å². The first kappa shape index (κ1) is 14.0. The van der Waals surface area contributed by atoms with E-state index in [0.717, 1.165) is 0 Å². The highest BCUT2D eigenvalue weighted by Gasteiger charge is 2.21. The molecule has 0 spiro atoms. The summed E-state index contributed by atoms with van der Waals surface area (Å²) < 4.78 is 10.1. The number of rotatable bonds is 6. The Kier molecular flexibility index (Phi) is 4.27. The number of phenols is 1. The molecule has 0 amide bonds. The number of phenolic OH excluding ortho intramolecular Hbond substituents is 1. The first-order valence-corrected chi connectivity index (χ1v) is 5.97. The van der Waals surface area contributed by atoms with E-state index < -0.39 is 12.0 Å². The van der Waals surface area contributed by atoms with Gasteiger partial charge < -0.3 is 19.4 Å². The number of hydrogen-bond acceptors (Lipinski definition) is 5. The third-order valence-corrected chi connectivity index (χ3v) is 2.84. The molecule has 1 unspecified atom stereocenters. The summed E-state index contributed by atoms with van der Waals surface area (Å²) in [5.41, 5.74) is 0.485. The molecule has 0 radical (unpaired) electrons. The molecule has 0 aliphatic carbocycles. The van der Waals surface area contributed by atoms with Gasteiger partial charge in [0.05, 0.1) is 19.9 Å². The highest BCUT2D eigenvalue weighted by molar-refractivity contribution is 5.76. The van der Waals surface area contributed by atoms with Crippen molar-refractivity contribution in [2.45, 2.75) is 12.6 Å². The molecule has 6 heteroatoms. The molecule has 2 rings (SSSR count). The number of carbonyl (C=O) groups is 1. The van der Waals surface area contributed by atoms with Crippen molar-refractivity contribution in [3.8, 4) is 11.5 Å². The van der Waals surface area contributed by atoms with Gasteiger partial charge in [-0.2, -0.15) is 0 Å². The summed E-state index contributed by atoms with van der Waals surface area (Å²) in [6.07, 6.45) is 1.52. The number of benzene rings is 1. The summed E-state index contributed by atoms with van der Waals surface area (Å²) in [6.45, 7) is 0.285. The lowest BCUT2D eigenvalue weighted by Crippen LogP contribution is -2.28. The van der Waals surface area contributed by atoms with Crippen LogP contribution >= 0.6 is 0 Å². The first-order valence-electron chi connectivity index (χ1n) is 5.97. The van der Waals surface area contributed by atoms with Gasteiger partial charge in [-0.25, -0.2) is 0 Å². The van der Waals surface area contributed by atoms with Crippen molar-refractivity contribution < 1.29 is 24.2 Å². The number of ether oxygens (including phenoxy) is 1. The molecular weight excluding hydrogens is 262 g/mol. The van der Waals surface area contributed by atoms with Crippen molar-refractivity contribution in [2.24, 2.45) is 0 Å².